The first kappa shape index (κ1) is 9.02. The molecule has 2 aromatic heterocycles. The Kier molecular flexibility index (Phi) is 2.13. The molecule has 1 N–H and O–H groups in total. The summed E-state index contributed by atoms with van der Waals surface area (Å²) in [5, 5.41) is 12.6. The Hall–Kier alpha value is -1.56. The van der Waals surface area contributed by atoms with Gasteiger partial charge in [-0.1, -0.05) is 0 Å². The molecule has 71 valence electrons. The van der Waals surface area contributed by atoms with Crippen LogP contribution in [-0.2, 0) is 0 Å². The van der Waals surface area contributed by atoms with Crippen molar-refractivity contribution < 1.29 is 9.68 Å². The molecule has 0 unspecified atom stereocenters. The lowest BCUT2D eigenvalue weighted by atomic mass is 10.3. The summed E-state index contributed by atoms with van der Waals surface area (Å²) in [5.41, 5.74) is 2.64. The second-order valence-electron chi connectivity index (χ2n) is 3.04. The summed E-state index contributed by atoms with van der Waals surface area (Å²) in [6, 6.07) is 1.72. The number of hydrogen-bond acceptors (Lipinski definition) is 4. The average Bonchev–Trinajstić information content (AvgIpc) is 2.47. The number of nitrogens with zero attached hydrogens (tertiary/aromatic N) is 3. The molecule has 0 aliphatic carbocycles. The minimum atomic E-state index is 0.343. The third-order valence-electron chi connectivity index (χ3n) is 1.88. The lowest BCUT2D eigenvalue weighted by molar-refractivity contribution is 0.437. The lowest BCUT2D eigenvalue weighted by Crippen LogP contribution is -2.04. The highest BCUT2D eigenvalue weighted by Crippen LogP contribution is 2.14. The van der Waals surface area contributed by atoms with Crippen LogP contribution in [-0.4, -0.2) is 27.3 Å². The fourth-order valence-corrected chi connectivity index (χ4v) is 1.33. The van der Waals surface area contributed by atoms with Crippen molar-refractivity contribution in [3.8, 4) is 5.88 Å². The smallest absolute Gasteiger partial charge is 0.522 e. The number of hydrogen-bond donors (Lipinski definition) is 1. The summed E-state index contributed by atoms with van der Waals surface area (Å²) in [4.78, 5) is 4.29. The van der Waals surface area contributed by atoms with E-state index in [1.165, 1.54) is 0 Å². The van der Waals surface area contributed by atoms with Crippen LogP contribution >= 0.6 is 0 Å². The fraction of sp³-hybridized carbons (Fsp3) is 0.250. The van der Waals surface area contributed by atoms with E-state index in [2.05, 4.69) is 10.1 Å². The van der Waals surface area contributed by atoms with Gasteiger partial charge in [0, 0.05) is 6.07 Å². The van der Waals surface area contributed by atoms with Crippen molar-refractivity contribution in [1.29, 1.82) is 0 Å². The average molecular weight is 190 g/mol. The molecule has 0 fully saturated rings. The topological polar surface area (TPSA) is 59.7 Å². The monoisotopic (exact) mass is 190 g/mol. The van der Waals surface area contributed by atoms with E-state index in [9.17, 15) is 0 Å². The minimum Gasteiger partial charge on any atom is -0.522 e. The Bertz CT molecular complexity index is 469. The molecule has 0 bridgehead atoms. The normalized spacial score (nSPS) is 10.5. The van der Waals surface area contributed by atoms with Crippen LogP contribution in [0.3, 0.4) is 0 Å². The second-order valence-corrected chi connectivity index (χ2v) is 3.04. The summed E-state index contributed by atoms with van der Waals surface area (Å²) >= 11 is 0. The van der Waals surface area contributed by atoms with Crippen molar-refractivity contribution in [2.24, 2.45) is 0 Å². The van der Waals surface area contributed by atoms with E-state index in [0.717, 1.165) is 16.9 Å². The molecule has 0 spiro atoms. The predicted molar refractivity (Wildman–Crippen MR) is 51.1 cm³/mol. The first-order valence-electron chi connectivity index (χ1n) is 4.17. The van der Waals surface area contributed by atoms with E-state index in [4.69, 9.17) is 9.68 Å². The molecule has 2 aromatic rings. The maximum Gasteiger partial charge on any atom is 0.570 e. The number of aromatic nitrogens is 3. The molecule has 5 nitrogen and oxygen atoms in total. The first-order valence-corrected chi connectivity index (χ1v) is 4.17. The van der Waals surface area contributed by atoms with Crippen LogP contribution in [0.5, 0.6) is 5.88 Å². The van der Waals surface area contributed by atoms with Crippen molar-refractivity contribution in [3.63, 3.8) is 0 Å². The highest BCUT2D eigenvalue weighted by atomic mass is 16.5. The summed E-state index contributed by atoms with van der Waals surface area (Å²) in [6.45, 7) is 3.81. The molecule has 0 saturated heterocycles. The molecule has 0 atom stereocenters. The highest BCUT2D eigenvalue weighted by molar-refractivity contribution is 6.17. The summed E-state index contributed by atoms with van der Waals surface area (Å²) in [7, 11) is 0.609. The number of rotatable bonds is 2. The minimum absolute atomic E-state index is 0.343. The largest absolute Gasteiger partial charge is 0.570 e. The van der Waals surface area contributed by atoms with Crippen molar-refractivity contribution >= 4 is 13.3 Å². The van der Waals surface area contributed by atoms with Crippen molar-refractivity contribution in [3.05, 3.63) is 23.5 Å². The second kappa shape index (κ2) is 3.30. The molecule has 0 amide bonds. The van der Waals surface area contributed by atoms with E-state index in [0.29, 0.717) is 13.6 Å². The number of aryl methyl sites for hydroxylation is 2. The zero-order valence-corrected chi connectivity index (χ0v) is 7.93. The van der Waals surface area contributed by atoms with Gasteiger partial charge in [-0.3, -0.25) is 0 Å². The highest BCUT2D eigenvalue weighted by Gasteiger charge is 2.05. The molecule has 2 rings (SSSR count). The molecule has 0 aromatic carbocycles. The van der Waals surface area contributed by atoms with E-state index >= 15 is 0 Å². The van der Waals surface area contributed by atoms with Gasteiger partial charge in [-0.05, 0) is 19.4 Å². The van der Waals surface area contributed by atoms with Gasteiger partial charge in [0.1, 0.15) is 0 Å². The van der Waals surface area contributed by atoms with Crippen LogP contribution < -0.4 is 4.65 Å². The molecular formula is C8H9BN3O2. The SMILES string of the molecule is Cc1cn2nc(O[B]O)cc(C)c2n1. The maximum atomic E-state index is 8.48. The van der Waals surface area contributed by atoms with Gasteiger partial charge in [-0.15, -0.1) is 5.10 Å². The van der Waals surface area contributed by atoms with Gasteiger partial charge in [-0.25, -0.2) is 9.50 Å². The van der Waals surface area contributed by atoms with Gasteiger partial charge in [0.2, 0.25) is 5.88 Å². The van der Waals surface area contributed by atoms with Gasteiger partial charge in [0.25, 0.3) is 0 Å². The zero-order valence-electron chi connectivity index (χ0n) is 7.93. The maximum absolute atomic E-state index is 8.48. The fourth-order valence-electron chi connectivity index (χ4n) is 1.33. The standard InChI is InChI=1S/C8H9BN3O2/c1-5-3-7(14-9-13)11-12-4-6(2)10-8(5)12/h3-4,13H,1-2H3. The summed E-state index contributed by atoms with van der Waals surface area (Å²) < 4.78 is 6.40. The molecule has 2 heterocycles. The van der Waals surface area contributed by atoms with E-state index in [1.807, 2.05) is 13.8 Å². The Morgan fingerprint density at radius 1 is 1.50 bits per heavy atom. The van der Waals surface area contributed by atoms with Crippen LogP contribution in [0.15, 0.2) is 12.3 Å². The lowest BCUT2D eigenvalue weighted by Gasteiger charge is -2.02. The Labute approximate surface area is 81.7 Å². The quantitative estimate of drug-likeness (QED) is 0.689. The Morgan fingerprint density at radius 2 is 2.29 bits per heavy atom. The van der Waals surface area contributed by atoms with E-state index in [1.54, 1.807) is 16.8 Å². The third kappa shape index (κ3) is 1.44. The van der Waals surface area contributed by atoms with E-state index < -0.39 is 0 Å². The summed E-state index contributed by atoms with van der Waals surface area (Å²) in [6.07, 6.45) is 1.80. The van der Waals surface area contributed by atoms with Crippen LogP contribution in [0.2, 0.25) is 0 Å². The van der Waals surface area contributed by atoms with Crippen LogP contribution in [0.1, 0.15) is 11.3 Å². The van der Waals surface area contributed by atoms with Gasteiger partial charge < -0.3 is 9.68 Å². The van der Waals surface area contributed by atoms with Crippen molar-refractivity contribution in [1.82, 2.24) is 14.6 Å². The molecule has 0 aliphatic rings. The van der Waals surface area contributed by atoms with Crippen LogP contribution in [0, 0.1) is 13.8 Å². The molecule has 6 heteroatoms. The van der Waals surface area contributed by atoms with Crippen molar-refractivity contribution in [2.75, 3.05) is 0 Å². The number of imidazole rings is 1. The first-order chi connectivity index (χ1) is 6.70. The predicted octanol–water partition coefficient (Wildman–Crippen LogP) is 0.251. The molecule has 14 heavy (non-hydrogen) atoms. The van der Waals surface area contributed by atoms with Gasteiger partial charge in [0.05, 0.1) is 11.9 Å². The van der Waals surface area contributed by atoms with Gasteiger partial charge in [0.15, 0.2) is 5.65 Å². The summed E-state index contributed by atoms with van der Waals surface area (Å²) in [5.74, 6) is 0.343. The molecule has 0 saturated carbocycles. The molecular weight excluding hydrogens is 181 g/mol. The molecule has 1 radical (unpaired) electrons. The Balaban J connectivity index is 2.59. The van der Waals surface area contributed by atoms with Crippen LogP contribution in [0.4, 0.5) is 0 Å². The van der Waals surface area contributed by atoms with Gasteiger partial charge >= 0.3 is 7.69 Å². The number of fused-ring (bicyclic) bond motifs is 1. The zero-order chi connectivity index (χ0) is 10.1. The van der Waals surface area contributed by atoms with E-state index in [-0.39, 0.29) is 0 Å². The van der Waals surface area contributed by atoms with Crippen LogP contribution in [0.25, 0.3) is 5.65 Å². The van der Waals surface area contributed by atoms with Crippen molar-refractivity contribution in [2.45, 2.75) is 13.8 Å². The third-order valence-corrected chi connectivity index (χ3v) is 1.88. The van der Waals surface area contributed by atoms with Gasteiger partial charge in [-0.2, -0.15) is 0 Å². The Morgan fingerprint density at radius 3 is 3.00 bits per heavy atom. The molecule has 0 aliphatic heterocycles.